The van der Waals surface area contributed by atoms with E-state index in [1.54, 1.807) is 18.2 Å². The van der Waals surface area contributed by atoms with Crippen molar-refractivity contribution in [3.63, 3.8) is 0 Å². The van der Waals surface area contributed by atoms with E-state index in [-0.39, 0.29) is 17.9 Å². The molecule has 1 aromatic rings. The predicted octanol–water partition coefficient (Wildman–Crippen LogP) is 1.72. The molecule has 4 nitrogen and oxygen atoms in total. The van der Waals surface area contributed by atoms with Crippen LogP contribution in [0.5, 0.6) is 0 Å². The predicted molar refractivity (Wildman–Crippen MR) is 75.9 cm³/mol. The van der Waals surface area contributed by atoms with E-state index in [1.807, 2.05) is 19.9 Å². The molecule has 106 valence electrons. The average molecular weight is 272 g/mol. The van der Waals surface area contributed by atoms with Gasteiger partial charge < -0.3 is 10.4 Å². The summed E-state index contributed by atoms with van der Waals surface area (Å²) in [6.45, 7) is 4.33. The van der Waals surface area contributed by atoms with Crippen LogP contribution in [-0.4, -0.2) is 24.2 Å². The summed E-state index contributed by atoms with van der Waals surface area (Å²) in [5.74, 6) is -0.0766. The van der Waals surface area contributed by atoms with E-state index in [0.717, 1.165) is 18.4 Å². The van der Waals surface area contributed by atoms with Crippen molar-refractivity contribution in [1.29, 1.82) is 5.26 Å². The highest BCUT2D eigenvalue weighted by molar-refractivity contribution is 5.87. The lowest BCUT2D eigenvalue weighted by Gasteiger charge is -2.25. The normalized spacial score (nSPS) is 16.3. The number of aliphatic hydroxyl groups is 1. The Labute approximate surface area is 119 Å². The molecule has 0 aliphatic heterocycles. The van der Waals surface area contributed by atoms with Crippen LogP contribution in [0.1, 0.15) is 37.8 Å². The van der Waals surface area contributed by atoms with Crippen LogP contribution in [0.3, 0.4) is 0 Å². The zero-order chi connectivity index (χ0) is 14.8. The summed E-state index contributed by atoms with van der Waals surface area (Å²) in [6.07, 6.45) is 1.93. The number of carbonyl (C=O) groups is 1. The zero-order valence-corrected chi connectivity index (χ0v) is 11.9. The Balaban J connectivity index is 2.08. The van der Waals surface area contributed by atoms with Crippen molar-refractivity contribution in [3.05, 3.63) is 35.4 Å². The number of hydrogen-bond donors (Lipinski definition) is 2. The first-order valence-corrected chi connectivity index (χ1v) is 6.83. The molecule has 0 bridgehead atoms. The molecule has 0 aromatic heterocycles. The maximum absolute atomic E-state index is 12.4. The molecule has 20 heavy (non-hydrogen) atoms. The van der Waals surface area contributed by atoms with E-state index in [2.05, 4.69) is 11.4 Å². The Kier molecular flexibility index (Phi) is 3.82. The van der Waals surface area contributed by atoms with Gasteiger partial charge >= 0.3 is 0 Å². The van der Waals surface area contributed by atoms with Gasteiger partial charge in [-0.25, -0.2) is 0 Å². The molecule has 0 unspecified atom stereocenters. The molecule has 0 radical (unpaired) electrons. The van der Waals surface area contributed by atoms with Gasteiger partial charge in [0.25, 0.3) is 0 Å². The van der Waals surface area contributed by atoms with Crippen LogP contribution in [-0.2, 0) is 10.2 Å². The van der Waals surface area contributed by atoms with Crippen LogP contribution in [0, 0.1) is 16.7 Å². The van der Waals surface area contributed by atoms with Crippen LogP contribution < -0.4 is 5.32 Å². The Hall–Kier alpha value is -1.86. The van der Waals surface area contributed by atoms with Gasteiger partial charge in [0, 0.05) is 12.0 Å². The molecule has 1 saturated carbocycles. The molecule has 0 saturated heterocycles. The number of aliphatic hydroxyl groups excluding tert-OH is 1. The van der Waals surface area contributed by atoms with Gasteiger partial charge in [-0.2, -0.15) is 5.26 Å². The largest absolute Gasteiger partial charge is 0.396 e. The summed E-state index contributed by atoms with van der Waals surface area (Å²) in [7, 11) is 0. The molecule has 4 heteroatoms. The minimum absolute atomic E-state index is 0.0766. The van der Waals surface area contributed by atoms with E-state index < -0.39 is 5.41 Å². The first-order chi connectivity index (χ1) is 9.43. The summed E-state index contributed by atoms with van der Waals surface area (Å²) in [4.78, 5) is 12.4. The molecular formula is C16H20N2O2. The first kappa shape index (κ1) is 14.5. The molecule has 0 heterocycles. The van der Waals surface area contributed by atoms with Crippen LogP contribution in [0.4, 0.5) is 0 Å². The minimum Gasteiger partial charge on any atom is -0.396 e. The number of rotatable bonds is 5. The SMILES string of the molecule is CC(C)(C(=O)NCC1(CO)CC1)c1cccc(C#N)c1. The number of nitrogens with one attached hydrogen (secondary N) is 1. The van der Waals surface area contributed by atoms with Gasteiger partial charge in [0.05, 0.1) is 23.7 Å². The lowest BCUT2D eigenvalue weighted by molar-refractivity contribution is -0.126. The van der Waals surface area contributed by atoms with Crippen LogP contribution in [0.15, 0.2) is 24.3 Å². The third kappa shape index (κ3) is 2.83. The van der Waals surface area contributed by atoms with Gasteiger partial charge in [-0.05, 0) is 44.4 Å². The van der Waals surface area contributed by atoms with Crippen molar-refractivity contribution in [2.75, 3.05) is 13.2 Å². The van der Waals surface area contributed by atoms with Crippen molar-refractivity contribution in [3.8, 4) is 6.07 Å². The maximum atomic E-state index is 12.4. The second-order valence-electron chi connectivity index (χ2n) is 6.16. The van der Waals surface area contributed by atoms with Crippen molar-refractivity contribution in [2.24, 2.45) is 5.41 Å². The number of hydrogen-bond acceptors (Lipinski definition) is 3. The van der Waals surface area contributed by atoms with Gasteiger partial charge in [0.2, 0.25) is 5.91 Å². The Morgan fingerprint density at radius 2 is 2.20 bits per heavy atom. The Morgan fingerprint density at radius 3 is 2.75 bits per heavy atom. The monoisotopic (exact) mass is 272 g/mol. The standard InChI is InChI=1S/C16H20N2O2/c1-15(2,13-5-3-4-12(8-13)9-17)14(20)18-10-16(11-19)6-7-16/h3-5,8,19H,6-7,10-11H2,1-2H3,(H,18,20). The molecule has 0 atom stereocenters. The van der Waals surface area contributed by atoms with E-state index >= 15 is 0 Å². The van der Waals surface area contributed by atoms with Crippen LogP contribution in [0.25, 0.3) is 0 Å². The topological polar surface area (TPSA) is 73.1 Å². The molecule has 1 aliphatic rings. The second kappa shape index (κ2) is 5.26. The molecule has 1 amide bonds. The van der Waals surface area contributed by atoms with Crippen molar-refractivity contribution in [2.45, 2.75) is 32.1 Å². The lowest BCUT2D eigenvalue weighted by atomic mass is 9.83. The minimum atomic E-state index is -0.696. The fourth-order valence-electron chi connectivity index (χ4n) is 2.16. The smallest absolute Gasteiger partial charge is 0.230 e. The highest BCUT2D eigenvalue weighted by Gasteiger charge is 2.43. The van der Waals surface area contributed by atoms with Crippen molar-refractivity contribution >= 4 is 5.91 Å². The van der Waals surface area contributed by atoms with Gasteiger partial charge in [-0.3, -0.25) is 4.79 Å². The number of amides is 1. The molecular weight excluding hydrogens is 252 g/mol. The van der Waals surface area contributed by atoms with Crippen LogP contribution in [0.2, 0.25) is 0 Å². The summed E-state index contributed by atoms with van der Waals surface area (Å²) < 4.78 is 0. The highest BCUT2D eigenvalue weighted by atomic mass is 16.3. The van der Waals surface area contributed by atoms with Crippen molar-refractivity contribution < 1.29 is 9.90 Å². The summed E-state index contributed by atoms with van der Waals surface area (Å²) in [5.41, 5.74) is 0.582. The Bertz CT molecular complexity index is 554. The molecule has 1 aliphatic carbocycles. The van der Waals surface area contributed by atoms with Gasteiger partial charge in [-0.1, -0.05) is 12.1 Å². The third-order valence-corrected chi connectivity index (χ3v) is 4.20. The first-order valence-electron chi connectivity index (χ1n) is 6.83. The fourth-order valence-corrected chi connectivity index (χ4v) is 2.16. The third-order valence-electron chi connectivity index (χ3n) is 4.20. The number of nitriles is 1. The molecule has 1 aromatic carbocycles. The molecule has 2 N–H and O–H groups in total. The molecule has 1 fully saturated rings. The average Bonchev–Trinajstić information content (AvgIpc) is 3.25. The van der Waals surface area contributed by atoms with E-state index in [9.17, 15) is 9.90 Å². The zero-order valence-electron chi connectivity index (χ0n) is 11.9. The lowest BCUT2D eigenvalue weighted by Crippen LogP contribution is -2.43. The van der Waals surface area contributed by atoms with Crippen LogP contribution >= 0.6 is 0 Å². The summed E-state index contributed by atoms with van der Waals surface area (Å²) in [6, 6.07) is 9.21. The Morgan fingerprint density at radius 1 is 1.50 bits per heavy atom. The maximum Gasteiger partial charge on any atom is 0.230 e. The number of benzene rings is 1. The fraction of sp³-hybridized carbons (Fsp3) is 0.500. The summed E-state index contributed by atoms with van der Waals surface area (Å²) >= 11 is 0. The van der Waals surface area contributed by atoms with E-state index in [0.29, 0.717) is 12.1 Å². The van der Waals surface area contributed by atoms with E-state index in [4.69, 9.17) is 5.26 Å². The quantitative estimate of drug-likeness (QED) is 0.857. The van der Waals surface area contributed by atoms with E-state index in [1.165, 1.54) is 0 Å². The second-order valence-corrected chi connectivity index (χ2v) is 6.16. The molecule has 2 rings (SSSR count). The van der Waals surface area contributed by atoms with Gasteiger partial charge in [-0.15, -0.1) is 0 Å². The van der Waals surface area contributed by atoms with Crippen molar-refractivity contribution in [1.82, 2.24) is 5.32 Å². The van der Waals surface area contributed by atoms with Gasteiger partial charge in [0.15, 0.2) is 0 Å². The number of nitrogens with zero attached hydrogens (tertiary/aromatic N) is 1. The number of carbonyl (C=O) groups excluding carboxylic acids is 1. The van der Waals surface area contributed by atoms with Gasteiger partial charge in [0.1, 0.15) is 0 Å². The summed E-state index contributed by atoms with van der Waals surface area (Å²) in [5, 5.41) is 21.1. The highest BCUT2D eigenvalue weighted by Crippen LogP contribution is 2.44. The molecule has 0 spiro atoms.